The molecule has 0 spiro atoms. The van der Waals surface area contributed by atoms with Crippen LogP contribution >= 0.6 is 0 Å². The normalized spacial score (nSPS) is 10.9. The van der Waals surface area contributed by atoms with E-state index >= 15 is 0 Å². The number of carbonyl (C=O) groups excluding carboxylic acids is 1. The maximum atomic E-state index is 12.3. The summed E-state index contributed by atoms with van der Waals surface area (Å²) in [6.07, 6.45) is 0. The van der Waals surface area contributed by atoms with Crippen molar-refractivity contribution in [3.63, 3.8) is 0 Å². The molecule has 104 valence electrons. The highest BCUT2D eigenvalue weighted by atomic mass is 16.5. The van der Waals surface area contributed by atoms with E-state index in [1.165, 1.54) is 25.8 Å². The maximum absolute atomic E-state index is 12.3. The number of carbonyl (C=O) groups is 2. The molecule has 1 rings (SSSR count). The molecule has 1 aromatic carbocycles. The number of benzene rings is 1. The molecule has 1 amide bonds. The van der Waals surface area contributed by atoms with Crippen molar-refractivity contribution in [2.45, 2.75) is 26.3 Å². The molecule has 0 unspecified atom stereocenters. The number of carboxylic acid groups (broad SMARTS) is 1. The lowest BCUT2D eigenvalue weighted by molar-refractivity contribution is -0.147. The van der Waals surface area contributed by atoms with Crippen LogP contribution < -0.4 is 4.74 Å². The van der Waals surface area contributed by atoms with Crippen LogP contribution in [-0.2, 0) is 4.79 Å². The van der Waals surface area contributed by atoms with Crippen LogP contribution in [0.2, 0.25) is 0 Å². The van der Waals surface area contributed by atoms with E-state index < -0.39 is 11.5 Å². The molecule has 0 atom stereocenters. The summed E-state index contributed by atoms with van der Waals surface area (Å²) >= 11 is 0. The fraction of sp³-hybridized carbons (Fsp3) is 0.429. The Morgan fingerprint density at radius 2 is 2.00 bits per heavy atom. The van der Waals surface area contributed by atoms with E-state index in [4.69, 9.17) is 9.84 Å². The number of likely N-dealkylation sites (N-methyl/N-ethyl adjacent to an activating group) is 1. The minimum Gasteiger partial charge on any atom is -0.494 e. The first kappa shape index (κ1) is 15.0. The van der Waals surface area contributed by atoms with Crippen molar-refractivity contribution in [2.75, 3.05) is 13.7 Å². The lowest BCUT2D eigenvalue weighted by Gasteiger charge is -2.31. The van der Waals surface area contributed by atoms with Gasteiger partial charge in [-0.3, -0.25) is 4.79 Å². The smallest absolute Gasteiger partial charge is 0.329 e. The molecule has 0 aromatic heterocycles. The van der Waals surface area contributed by atoms with Gasteiger partial charge in [-0.05, 0) is 39.0 Å². The maximum Gasteiger partial charge on any atom is 0.329 e. The van der Waals surface area contributed by atoms with E-state index in [2.05, 4.69) is 0 Å². The quantitative estimate of drug-likeness (QED) is 0.884. The van der Waals surface area contributed by atoms with E-state index in [0.717, 1.165) is 0 Å². The lowest BCUT2D eigenvalue weighted by Crippen LogP contribution is -2.50. The van der Waals surface area contributed by atoms with Gasteiger partial charge in [0.05, 0.1) is 6.61 Å². The first-order valence-corrected chi connectivity index (χ1v) is 6.05. The van der Waals surface area contributed by atoms with Gasteiger partial charge in [0.2, 0.25) is 0 Å². The third kappa shape index (κ3) is 3.24. The third-order valence-electron chi connectivity index (χ3n) is 3.06. The minimum atomic E-state index is -1.27. The van der Waals surface area contributed by atoms with Crippen LogP contribution in [0.3, 0.4) is 0 Å². The average Bonchev–Trinajstić information content (AvgIpc) is 2.37. The summed E-state index contributed by atoms with van der Waals surface area (Å²) < 4.78 is 5.32. The fourth-order valence-corrected chi connectivity index (χ4v) is 1.48. The number of amides is 1. The highest BCUT2D eigenvalue weighted by molar-refractivity contribution is 5.97. The molecule has 0 aliphatic rings. The van der Waals surface area contributed by atoms with Gasteiger partial charge in [0, 0.05) is 12.6 Å². The van der Waals surface area contributed by atoms with Crippen LogP contribution in [0.15, 0.2) is 24.3 Å². The van der Waals surface area contributed by atoms with Crippen molar-refractivity contribution in [3.8, 4) is 5.75 Å². The van der Waals surface area contributed by atoms with Gasteiger partial charge in [0.1, 0.15) is 11.3 Å². The monoisotopic (exact) mass is 265 g/mol. The minimum absolute atomic E-state index is 0.353. The van der Waals surface area contributed by atoms with Gasteiger partial charge in [-0.1, -0.05) is 6.07 Å². The Balaban J connectivity index is 3.00. The third-order valence-corrected chi connectivity index (χ3v) is 3.06. The topological polar surface area (TPSA) is 66.8 Å². The fourth-order valence-electron chi connectivity index (χ4n) is 1.48. The Hall–Kier alpha value is -2.04. The molecule has 0 radical (unpaired) electrons. The second-order valence-electron chi connectivity index (χ2n) is 4.69. The summed E-state index contributed by atoms with van der Waals surface area (Å²) in [5.74, 6) is -0.812. The van der Waals surface area contributed by atoms with Gasteiger partial charge in [-0.25, -0.2) is 4.79 Å². The first-order valence-electron chi connectivity index (χ1n) is 6.05. The second kappa shape index (κ2) is 5.73. The summed E-state index contributed by atoms with van der Waals surface area (Å²) in [7, 11) is 1.48. The molecule has 5 heteroatoms. The van der Waals surface area contributed by atoms with Crippen molar-refractivity contribution < 1.29 is 19.4 Å². The van der Waals surface area contributed by atoms with E-state index in [0.29, 0.717) is 17.9 Å². The van der Waals surface area contributed by atoms with Crippen molar-refractivity contribution in [3.05, 3.63) is 29.8 Å². The Kier molecular flexibility index (Phi) is 4.53. The summed E-state index contributed by atoms with van der Waals surface area (Å²) in [4.78, 5) is 24.6. The summed E-state index contributed by atoms with van der Waals surface area (Å²) in [6, 6.07) is 6.71. The molecule has 5 nitrogen and oxygen atoms in total. The number of hydrogen-bond donors (Lipinski definition) is 1. The van der Waals surface area contributed by atoms with Crippen molar-refractivity contribution >= 4 is 11.9 Å². The zero-order valence-corrected chi connectivity index (χ0v) is 11.6. The zero-order valence-electron chi connectivity index (χ0n) is 11.6. The van der Waals surface area contributed by atoms with Crippen LogP contribution in [0.25, 0.3) is 0 Å². The molecule has 0 saturated heterocycles. The largest absolute Gasteiger partial charge is 0.494 e. The predicted octanol–water partition coefficient (Wildman–Crippen LogP) is 2.02. The highest BCUT2D eigenvalue weighted by Crippen LogP contribution is 2.19. The van der Waals surface area contributed by atoms with Gasteiger partial charge in [-0.2, -0.15) is 0 Å². The number of hydrogen-bond acceptors (Lipinski definition) is 3. The first-order chi connectivity index (χ1) is 8.80. The number of carboxylic acids is 1. The molecule has 0 fully saturated rings. The second-order valence-corrected chi connectivity index (χ2v) is 4.69. The van der Waals surface area contributed by atoms with Gasteiger partial charge >= 0.3 is 5.97 Å². The molecule has 19 heavy (non-hydrogen) atoms. The van der Waals surface area contributed by atoms with Crippen LogP contribution in [-0.4, -0.2) is 41.1 Å². The lowest BCUT2D eigenvalue weighted by atomic mass is 10.0. The SMILES string of the molecule is CCOc1cccc(C(=O)N(C)C(C)(C)C(=O)O)c1. The number of ether oxygens (including phenoxy) is 1. The van der Waals surface area contributed by atoms with Crippen LogP contribution in [0.4, 0.5) is 0 Å². The molecule has 0 bridgehead atoms. The van der Waals surface area contributed by atoms with Gasteiger partial charge in [0.25, 0.3) is 5.91 Å². The summed E-state index contributed by atoms with van der Waals surface area (Å²) in [5, 5.41) is 9.13. The molecule has 0 heterocycles. The van der Waals surface area contributed by atoms with E-state index in [9.17, 15) is 9.59 Å². The van der Waals surface area contributed by atoms with Crippen LogP contribution in [0.1, 0.15) is 31.1 Å². The Bertz CT molecular complexity index is 482. The standard InChI is InChI=1S/C14H19NO4/c1-5-19-11-8-6-7-10(9-11)12(16)15(4)14(2,3)13(17)18/h6-9H,5H2,1-4H3,(H,17,18). The molecular weight excluding hydrogens is 246 g/mol. The zero-order chi connectivity index (χ0) is 14.6. The average molecular weight is 265 g/mol. The molecule has 0 aliphatic carbocycles. The molecule has 0 aliphatic heterocycles. The molecule has 1 N–H and O–H groups in total. The van der Waals surface area contributed by atoms with Crippen LogP contribution in [0.5, 0.6) is 5.75 Å². The van der Waals surface area contributed by atoms with Crippen molar-refractivity contribution in [1.82, 2.24) is 4.90 Å². The van der Waals surface area contributed by atoms with Gasteiger partial charge in [-0.15, -0.1) is 0 Å². The molecule has 0 saturated carbocycles. The molecule has 1 aromatic rings. The van der Waals surface area contributed by atoms with E-state index in [1.807, 2.05) is 6.92 Å². The van der Waals surface area contributed by atoms with E-state index in [1.54, 1.807) is 24.3 Å². The van der Waals surface area contributed by atoms with Crippen molar-refractivity contribution in [1.29, 1.82) is 0 Å². The highest BCUT2D eigenvalue weighted by Gasteiger charge is 2.35. The Labute approximate surface area is 112 Å². The Morgan fingerprint density at radius 3 is 2.53 bits per heavy atom. The van der Waals surface area contributed by atoms with E-state index in [-0.39, 0.29) is 5.91 Å². The predicted molar refractivity (Wildman–Crippen MR) is 71.4 cm³/mol. The number of aliphatic carboxylic acids is 1. The van der Waals surface area contributed by atoms with Crippen LogP contribution in [0, 0.1) is 0 Å². The number of nitrogens with zero attached hydrogens (tertiary/aromatic N) is 1. The van der Waals surface area contributed by atoms with Gasteiger partial charge in [0.15, 0.2) is 0 Å². The number of rotatable bonds is 5. The summed E-state index contributed by atoms with van der Waals surface area (Å²) in [5.41, 5.74) is -0.860. The Morgan fingerprint density at radius 1 is 1.37 bits per heavy atom. The molecular formula is C14H19NO4. The van der Waals surface area contributed by atoms with Gasteiger partial charge < -0.3 is 14.7 Å². The summed E-state index contributed by atoms with van der Waals surface area (Å²) in [6.45, 7) is 5.33. The van der Waals surface area contributed by atoms with Crippen molar-refractivity contribution in [2.24, 2.45) is 0 Å².